The normalized spacial score (nSPS) is 12.2. The molecule has 1 aromatic carbocycles. The summed E-state index contributed by atoms with van der Waals surface area (Å²) in [6, 6.07) is 5.64. The first-order chi connectivity index (χ1) is 8.19. The van der Waals surface area contributed by atoms with E-state index < -0.39 is 0 Å². The van der Waals surface area contributed by atoms with Crippen molar-refractivity contribution in [1.29, 1.82) is 0 Å². The van der Waals surface area contributed by atoms with Crippen LogP contribution in [0.2, 0.25) is 0 Å². The average Bonchev–Trinajstić information content (AvgIpc) is 2.34. The number of rotatable bonds is 7. The highest BCUT2D eigenvalue weighted by Crippen LogP contribution is 2.28. The standard InChI is InChI=1S/C13H21NO3/c1-10(14)12-6-5-11(16-3)9-13(12)17-8-4-7-15-2/h5-6,9-10H,4,7-8,14H2,1-3H3/t10-/m0/s1. The Hall–Kier alpha value is -1.26. The van der Waals surface area contributed by atoms with Gasteiger partial charge in [0.25, 0.3) is 0 Å². The highest BCUT2D eigenvalue weighted by molar-refractivity contribution is 5.42. The highest BCUT2D eigenvalue weighted by atomic mass is 16.5. The van der Waals surface area contributed by atoms with Crippen LogP contribution in [-0.4, -0.2) is 27.4 Å². The molecule has 0 amide bonds. The minimum atomic E-state index is -0.0571. The molecular weight excluding hydrogens is 218 g/mol. The predicted octanol–water partition coefficient (Wildman–Crippen LogP) is 2.13. The minimum absolute atomic E-state index is 0.0571. The summed E-state index contributed by atoms with van der Waals surface area (Å²) in [4.78, 5) is 0. The molecule has 4 nitrogen and oxygen atoms in total. The van der Waals surface area contributed by atoms with Gasteiger partial charge in [-0.15, -0.1) is 0 Å². The van der Waals surface area contributed by atoms with E-state index in [-0.39, 0.29) is 6.04 Å². The van der Waals surface area contributed by atoms with Crippen molar-refractivity contribution < 1.29 is 14.2 Å². The predicted molar refractivity (Wildman–Crippen MR) is 67.6 cm³/mol. The second-order valence-electron chi connectivity index (χ2n) is 3.89. The van der Waals surface area contributed by atoms with E-state index in [0.29, 0.717) is 13.2 Å². The lowest BCUT2D eigenvalue weighted by atomic mass is 10.1. The topological polar surface area (TPSA) is 53.7 Å². The summed E-state index contributed by atoms with van der Waals surface area (Å²) in [5.74, 6) is 1.56. The van der Waals surface area contributed by atoms with Gasteiger partial charge in [-0.25, -0.2) is 0 Å². The van der Waals surface area contributed by atoms with Gasteiger partial charge in [0, 0.05) is 37.8 Å². The van der Waals surface area contributed by atoms with Gasteiger partial charge in [0.2, 0.25) is 0 Å². The van der Waals surface area contributed by atoms with Crippen molar-refractivity contribution in [2.24, 2.45) is 5.73 Å². The van der Waals surface area contributed by atoms with Crippen molar-refractivity contribution in [2.45, 2.75) is 19.4 Å². The van der Waals surface area contributed by atoms with E-state index in [1.807, 2.05) is 25.1 Å². The van der Waals surface area contributed by atoms with Crippen LogP contribution in [0, 0.1) is 0 Å². The summed E-state index contributed by atoms with van der Waals surface area (Å²) < 4.78 is 15.8. The van der Waals surface area contributed by atoms with Crippen LogP contribution in [0.15, 0.2) is 18.2 Å². The summed E-state index contributed by atoms with van der Waals surface area (Å²) in [7, 11) is 3.31. The second-order valence-corrected chi connectivity index (χ2v) is 3.89. The van der Waals surface area contributed by atoms with Gasteiger partial charge in [-0.05, 0) is 13.0 Å². The van der Waals surface area contributed by atoms with E-state index in [0.717, 1.165) is 23.5 Å². The van der Waals surface area contributed by atoms with Crippen LogP contribution in [0.3, 0.4) is 0 Å². The smallest absolute Gasteiger partial charge is 0.127 e. The highest BCUT2D eigenvalue weighted by Gasteiger charge is 2.09. The zero-order valence-electron chi connectivity index (χ0n) is 10.7. The van der Waals surface area contributed by atoms with Crippen molar-refractivity contribution in [2.75, 3.05) is 27.4 Å². The van der Waals surface area contributed by atoms with E-state index in [1.54, 1.807) is 14.2 Å². The number of ether oxygens (including phenoxy) is 3. The Morgan fingerprint density at radius 3 is 2.59 bits per heavy atom. The van der Waals surface area contributed by atoms with Crippen LogP contribution >= 0.6 is 0 Å². The maximum atomic E-state index is 5.89. The number of methoxy groups -OCH3 is 2. The molecule has 0 radical (unpaired) electrons. The summed E-state index contributed by atoms with van der Waals surface area (Å²) in [6.45, 7) is 3.24. The fraction of sp³-hybridized carbons (Fsp3) is 0.538. The number of hydrogen-bond acceptors (Lipinski definition) is 4. The molecule has 0 spiro atoms. The first kappa shape index (κ1) is 13.8. The molecule has 1 rings (SSSR count). The van der Waals surface area contributed by atoms with Crippen molar-refractivity contribution in [3.63, 3.8) is 0 Å². The molecule has 96 valence electrons. The molecule has 2 N–H and O–H groups in total. The van der Waals surface area contributed by atoms with Gasteiger partial charge in [-0.3, -0.25) is 0 Å². The zero-order valence-corrected chi connectivity index (χ0v) is 10.7. The molecule has 4 heteroatoms. The lowest BCUT2D eigenvalue weighted by Gasteiger charge is -2.15. The Bertz CT molecular complexity index is 339. The third kappa shape index (κ3) is 4.24. The molecule has 0 saturated heterocycles. The van der Waals surface area contributed by atoms with Crippen LogP contribution in [0.1, 0.15) is 24.9 Å². The Kier molecular flexibility index (Phi) is 5.80. The van der Waals surface area contributed by atoms with E-state index >= 15 is 0 Å². The number of nitrogens with two attached hydrogens (primary N) is 1. The van der Waals surface area contributed by atoms with Crippen molar-refractivity contribution in [3.05, 3.63) is 23.8 Å². The van der Waals surface area contributed by atoms with Crippen LogP contribution in [-0.2, 0) is 4.74 Å². The van der Waals surface area contributed by atoms with E-state index in [4.69, 9.17) is 19.9 Å². The summed E-state index contributed by atoms with van der Waals surface area (Å²) in [6.07, 6.45) is 0.853. The van der Waals surface area contributed by atoms with Gasteiger partial charge < -0.3 is 19.9 Å². The molecule has 1 atom stereocenters. The quantitative estimate of drug-likeness (QED) is 0.741. The number of benzene rings is 1. The fourth-order valence-corrected chi connectivity index (χ4v) is 1.53. The molecule has 0 aliphatic rings. The second kappa shape index (κ2) is 7.14. The van der Waals surface area contributed by atoms with Crippen LogP contribution in [0.4, 0.5) is 0 Å². The third-order valence-corrected chi connectivity index (χ3v) is 2.46. The molecule has 0 fully saturated rings. The van der Waals surface area contributed by atoms with Gasteiger partial charge in [-0.2, -0.15) is 0 Å². The van der Waals surface area contributed by atoms with Gasteiger partial charge in [-0.1, -0.05) is 6.07 Å². The summed E-state index contributed by atoms with van der Waals surface area (Å²) in [5, 5.41) is 0. The molecule has 0 aliphatic heterocycles. The zero-order chi connectivity index (χ0) is 12.7. The Morgan fingerprint density at radius 1 is 1.24 bits per heavy atom. The Labute approximate surface area is 103 Å². The first-order valence-electron chi connectivity index (χ1n) is 5.74. The molecule has 0 aromatic heterocycles. The summed E-state index contributed by atoms with van der Waals surface area (Å²) in [5.41, 5.74) is 6.88. The Morgan fingerprint density at radius 2 is 2.00 bits per heavy atom. The van der Waals surface area contributed by atoms with E-state index in [2.05, 4.69) is 0 Å². The van der Waals surface area contributed by atoms with E-state index in [9.17, 15) is 0 Å². The Balaban J connectivity index is 2.71. The maximum absolute atomic E-state index is 5.89. The molecule has 0 saturated carbocycles. The van der Waals surface area contributed by atoms with Gasteiger partial charge in [0.1, 0.15) is 11.5 Å². The van der Waals surface area contributed by atoms with Gasteiger partial charge in [0.15, 0.2) is 0 Å². The van der Waals surface area contributed by atoms with Gasteiger partial charge >= 0.3 is 0 Å². The lowest BCUT2D eigenvalue weighted by Crippen LogP contribution is -2.09. The summed E-state index contributed by atoms with van der Waals surface area (Å²) >= 11 is 0. The van der Waals surface area contributed by atoms with Crippen molar-refractivity contribution in [3.8, 4) is 11.5 Å². The monoisotopic (exact) mass is 239 g/mol. The molecule has 0 unspecified atom stereocenters. The molecule has 0 bridgehead atoms. The number of hydrogen-bond donors (Lipinski definition) is 1. The third-order valence-electron chi connectivity index (χ3n) is 2.46. The van der Waals surface area contributed by atoms with Crippen LogP contribution in [0.25, 0.3) is 0 Å². The average molecular weight is 239 g/mol. The van der Waals surface area contributed by atoms with E-state index in [1.165, 1.54) is 0 Å². The van der Waals surface area contributed by atoms with Gasteiger partial charge in [0.05, 0.1) is 13.7 Å². The molecule has 0 heterocycles. The van der Waals surface area contributed by atoms with Crippen molar-refractivity contribution in [1.82, 2.24) is 0 Å². The first-order valence-corrected chi connectivity index (χ1v) is 5.74. The largest absolute Gasteiger partial charge is 0.497 e. The molecule has 17 heavy (non-hydrogen) atoms. The maximum Gasteiger partial charge on any atom is 0.127 e. The molecule has 1 aromatic rings. The van der Waals surface area contributed by atoms with Crippen LogP contribution < -0.4 is 15.2 Å². The fourth-order valence-electron chi connectivity index (χ4n) is 1.53. The van der Waals surface area contributed by atoms with Crippen molar-refractivity contribution >= 4 is 0 Å². The van der Waals surface area contributed by atoms with Crippen LogP contribution in [0.5, 0.6) is 11.5 Å². The minimum Gasteiger partial charge on any atom is -0.497 e. The SMILES string of the molecule is COCCCOc1cc(OC)ccc1[C@H](C)N. The lowest BCUT2D eigenvalue weighted by molar-refractivity contribution is 0.171. The molecule has 0 aliphatic carbocycles. The molecular formula is C13H21NO3.